The maximum Gasteiger partial charge on any atom is 0.412 e. The minimum atomic E-state index is -0.532. The first kappa shape index (κ1) is 17.1. The van der Waals surface area contributed by atoms with Crippen LogP contribution >= 0.6 is 11.6 Å². The van der Waals surface area contributed by atoms with Crippen LogP contribution < -0.4 is 11.1 Å². The molecule has 1 amide bonds. The van der Waals surface area contributed by atoms with E-state index in [0.717, 1.165) is 12.0 Å². The molecule has 22 heavy (non-hydrogen) atoms. The highest BCUT2D eigenvalue weighted by atomic mass is 35.5. The first-order valence-corrected chi connectivity index (χ1v) is 7.89. The lowest BCUT2D eigenvalue weighted by atomic mass is 9.88. The van der Waals surface area contributed by atoms with Crippen LogP contribution in [-0.4, -0.2) is 18.2 Å². The maximum absolute atomic E-state index is 11.8. The van der Waals surface area contributed by atoms with Crippen LogP contribution in [0.5, 0.6) is 0 Å². The van der Waals surface area contributed by atoms with Gasteiger partial charge in [-0.1, -0.05) is 31.5 Å². The molecule has 1 unspecified atom stereocenters. The molecule has 1 aromatic rings. The molecule has 5 heteroatoms. The van der Waals surface area contributed by atoms with Crippen LogP contribution in [0, 0.1) is 5.41 Å². The minimum Gasteiger partial charge on any atom is -0.444 e. The van der Waals surface area contributed by atoms with Gasteiger partial charge in [-0.15, -0.1) is 0 Å². The van der Waals surface area contributed by atoms with Crippen LogP contribution in [0.1, 0.15) is 46.6 Å². The lowest BCUT2D eigenvalue weighted by Gasteiger charge is -2.22. The summed E-state index contributed by atoms with van der Waals surface area (Å²) < 4.78 is 5.23. The summed E-state index contributed by atoms with van der Waals surface area (Å²) in [5.41, 5.74) is 7.22. The molecule has 1 aromatic carbocycles. The van der Waals surface area contributed by atoms with Gasteiger partial charge in [0.1, 0.15) is 5.60 Å². The van der Waals surface area contributed by atoms with Crippen LogP contribution in [0.25, 0.3) is 0 Å². The Morgan fingerprint density at radius 1 is 1.41 bits per heavy atom. The Balaban J connectivity index is 2.16. The first-order valence-electron chi connectivity index (χ1n) is 7.51. The molecule has 4 nitrogen and oxygen atoms in total. The molecular formula is C17H25ClN2O2. The number of halogens is 1. The number of hydrogen-bond donors (Lipinski definition) is 2. The second-order valence-electron chi connectivity index (χ2n) is 7.67. The zero-order chi connectivity index (χ0) is 16.8. The number of ether oxygens (including phenoxy) is 1. The Bertz CT molecular complexity index is 593. The Labute approximate surface area is 137 Å². The largest absolute Gasteiger partial charge is 0.444 e. The average Bonchev–Trinajstić information content (AvgIpc) is 2.90. The van der Waals surface area contributed by atoms with Crippen molar-refractivity contribution in [2.75, 3.05) is 11.9 Å². The fourth-order valence-electron chi connectivity index (χ4n) is 3.03. The summed E-state index contributed by atoms with van der Waals surface area (Å²) in [5.74, 6) is 0. The summed E-state index contributed by atoms with van der Waals surface area (Å²) in [6.07, 6.45) is 0.534. The Kier molecular flexibility index (Phi) is 4.22. The molecule has 0 heterocycles. The standard InChI is InChI=1S/C17H25ClN2O2/c1-15(2,3)22-14(21)20-11-6-7-12(13(18)8-11)17(10-19)9-16(17,4)5/h6-8H,9-10,19H2,1-5H3,(H,20,21). The molecule has 0 spiro atoms. The van der Waals surface area contributed by atoms with E-state index in [1.54, 1.807) is 6.07 Å². The molecule has 0 radical (unpaired) electrons. The van der Waals surface area contributed by atoms with Gasteiger partial charge in [-0.3, -0.25) is 5.32 Å². The third-order valence-electron chi connectivity index (χ3n) is 4.39. The summed E-state index contributed by atoms with van der Waals surface area (Å²) in [5, 5.41) is 3.33. The predicted octanol–water partition coefficient (Wildman–Crippen LogP) is 4.31. The monoisotopic (exact) mass is 324 g/mol. The van der Waals surface area contributed by atoms with Crippen molar-refractivity contribution in [2.24, 2.45) is 11.1 Å². The molecule has 1 saturated carbocycles. The topological polar surface area (TPSA) is 64.3 Å². The molecule has 0 saturated heterocycles. The highest BCUT2D eigenvalue weighted by molar-refractivity contribution is 6.32. The number of benzene rings is 1. The number of nitrogens with one attached hydrogen (secondary N) is 1. The minimum absolute atomic E-state index is 0.0610. The van der Waals surface area contributed by atoms with Crippen LogP contribution in [-0.2, 0) is 10.2 Å². The lowest BCUT2D eigenvalue weighted by molar-refractivity contribution is 0.0636. The smallest absolute Gasteiger partial charge is 0.412 e. The van der Waals surface area contributed by atoms with E-state index in [9.17, 15) is 4.79 Å². The number of carbonyl (C=O) groups excluding carboxylic acids is 1. The molecule has 3 N–H and O–H groups in total. The fraction of sp³-hybridized carbons (Fsp3) is 0.588. The summed E-state index contributed by atoms with van der Waals surface area (Å²) in [4.78, 5) is 11.8. The number of hydrogen-bond acceptors (Lipinski definition) is 3. The van der Waals surface area contributed by atoms with Crippen molar-refractivity contribution in [1.82, 2.24) is 0 Å². The fourth-order valence-corrected chi connectivity index (χ4v) is 3.39. The van der Waals surface area contributed by atoms with Crippen LogP contribution in [0.3, 0.4) is 0 Å². The van der Waals surface area contributed by atoms with E-state index in [1.807, 2.05) is 32.9 Å². The lowest BCUT2D eigenvalue weighted by Crippen LogP contribution is -2.27. The predicted molar refractivity (Wildman–Crippen MR) is 90.4 cm³/mol. The highest BCUT2D eigenvalue weighted by Gasteiger charge is 2.61. The van der Waals surface area contributed by atoms with Gasteiger partial charge in [0.05, 0.1) is 0 Å². The normalized spacial score (nSPS) is 23.0. The number of amides is 1. The molecule has 0 aromatic heterocycles. The molecule has 1 aliphatic rings. The number of rotatable bonds is 3. The van der Waals surface area contributed by atoms with E-state index in [2.05, 4.69) is 19.2 Å². The quantitative estimate of drug-likeness (QED) is 0.870. The number of nitrogens with two attached hydrogens (primary N) is 1. The van der Waals surface area contributed by atoms with E-state index in [1.165, 1.54) is 0 Å². The first-order chi connectivity index (χ1) is 10.0. The maximum atomic E-state index is 11.8. The SMILES string of the molecule is CC(C)(C)OC(=O)Nc1ccc(C2(CN)CC2(C)C)c(Cl)c1. The molecule has 0 aliphatic heterocycles. The van der Waals surface area contributed by atoms with Gasteiger partial charge in [0.15, 0.2) is 0 Å². The Morgan fingerprint density at radius 3 is 2.41 bits per heavy atom. The van der Waals surface area contributed by atoms with E-state index in [-0.39, 0.29) is 10.8 Å². The average molecular weight is 325 g/mol. The van der Waals surface area contributed by atoms with Crippen LogP contribution in [0.2, 0.25) is 5.02 Å². The number of anilines is 1. The summed E-state index contributed by atoms with van der Waals surface area (Å²) in [6.45, 7) is 10.4. The molecule has 1 aliphatic carbocycles. The van der Waals surface area contributed by atoms with Gasteiger partial charge in [-0.2, -0.15) is 0 Å². The van der Waals surface area contributed by atoms with E-state index in [0.29, 0.717) is 17.3 Å². The zero-order valence-electron chi connectivity index (χ0n) is 13.9. The van der Waals surface area contributed by atoms with Gasteiger partial charge in [-0.25, -0.2) is 4.79 Å². The van der Waals surface area contributed by atoms with Gasteiger partial charge in [0.25, 0.3) is 0 Å². The molecule has 1 atom stereocenters. The second-order valence-corrected chi connectivity index (χ2v) is 8.08. The van der Waals surface area contributed by atoms with Gasteiger partial charge >= 0.3 is 6.09 Å². The van der Waals surface area contributed by atoms with E-state index < -0.39 is 11.7 Å². The van der Waals surface area contributed by atoms with Crippen LogP contribution in [0.4, 0.5) is 10.5 Å². The Morgan fingerprint density at radius 2 is 2.00 bits per heavy atom. The molecule has 1 fully saturated rings. The van der Waals surface area contributed by atoms with Crippen molar-refractivity contribution >= 4 is 23.4 Å². The van der Waals surface area contributed by atoms with Gasteiger partial charge in [0, 0.05) is 22.7 Å². The zero-order valence-corrected chi connectivity index (χ0v) is 14.7. The Hall–Kier alpha value is -1.26. The second kappa shape index (κ2) is 5.43. The highest BCUT2D eigenvalue weighted by Crippen LogP contribution is 2.64. The summed E-state index contributed by atoms with van der Waals surface area (Å²) in [6, 6.07) is 5.56. The molecule has 122 valence electrons. The van der Waals surface area contributed by atoms with Crippen molar-refractivity contribution < 1.29 is 9.53 Å². The summed E-state index contributed by atoms with van der Waals surface area (Å²) >= 11 is 6.43. The number of carbonyl (C=O) groups is 1. The molecule has 0 bridgehead atoms. The van der Waals surface area contributed by atoms with Crippen LogP contribution in [0.15, 0.2) is 18.2 Å². The van der Waals surface area contributed by atoms with Crippen molar-refractivity contribution in [2.45, 2.75) is 52.1 Å². The van der Waals surface area contributed by atoms with Crippen molar-refractivity contribution in [1.29, 1.82) is 0 Å². The van der Waals surface area contributed by atoms with Gasteiger partial charge < -0.3 is 10.5 Å². The molecular weight excluding hydrogens is 300 g/mol. The molecule has 2 rings (SSSR count). The van der Waals surface area contributed by atoms with Crippen molar-refractivity contribution in [3.63, 3.8) is 0 Å². The van der Waals surface area contributed by atoms with Crippen molar-refractivity contribution in [3.05, 3.63) is 28.8 Å². The van der Waals surface area contributed by atoms with Gasteiger partial charge in [-0.05, 0) is 50.3 Å². The van der Waals surface area contributed by atoms with Gasteiger partial charge in [0.2, 0.25) is 0 Å². The van der Waals surface area contributed by atoms with E-state index >= 15 is 0 Å². The third-order valence-corrected chi connectivity index (χ3v) is 4.71. The van der Waals surface area contributed by atoms with E-state index in [4.69, 9.17) is 22.1 Å². The third kappa shape index (κ3) is 3.23. The summed E-state index contributed by atoms with van der Waals surface area (Å²) in [7, 11) is 0. The van der Waals surface area contributed by atoms with Crippen molar-refractivity contribution in [3.8, 4) is 0 Å².